The fourth-order valence-electron chi connectivity index (χ4n) is 3.21. The van der Waals surface area contributed by atoms with E-state index in [1.165, 1.54) is 0 Å². The number of anilines is 1. The van der Waals surface area contributed by atoms with Crippen LogP contribution in [0.4, 0.5) is 5.69 Å². The van der Waals surface area contributed by atoms with Crippen LogP contribution < -0.4 is 10.2 Å². The van der Waals surface area contributed by atoms with Crippen molar-refractivity contribution in [2.24, 2.45) is 0 Å². The highest BCUT2D eigenvalue weighted by Crippen LogP contribution is 2.40. The van der Waals surface area contributed by atoms with Crippen LogP contribution >= 0.6 is 0 Å². The van der Waals surface area contributed by atoms with Crippen LogP contribution in [0.5, 0.6) is 0 Å². The van der Waals surface area contributed by atoms with Gasteiger partial charge in [-0.3, -0.25) is 9.59 Å². The zero-order valence-electron chi connectivity index (χ0n) is 13.4. The Hall–Kier alpha value is -2.63. The molecule has 0 radical (unpaired) electrons. The number of benzene rings is 1. The number of para-hydroxylation sites is 1. The van der Waals surface area contributed by atoms with E-state index in [0.717, 1.165) is 24.3 Å². The smallest absolute Gasteiger partial charge is 0.274 e. The van der Waals surface area contributed by atoms with Crippen LogP contribution in [0, 0.1) is 0 Å². The standard InChI is InChI=1S/C18H19N3O3/c1-11-9-15(18(23)21(11)13-5-3-2-4-6-13)19-17(22)14-10-16(24-20-14)12-7-8-12/h2-6,10-12,15H,7-9H2,1H3,(H,19,22). The number of aromatic nitrogens is 1. The van der Waals surface area contributed by atoms with Crippen molar-refractivity contribution in [1.82, 2.24) is 10.5 Å². The highest BCUT2D eigenvalue weighted by Gasteiger charge is 2.39. The van der Waals surface area contributed by atoms with E-state index in [0.29, 0.717) is 12.3 Å². The number of carbonyl (C=O) groups excluding carboxylic acids is 2. The zero-order valence-corrected chi connectivity index (χ0v) is 13.4. The number of hydrogen-bond donors (Lipinski definition) is 1. The molecular formula is C18H19N3O3. The van der Waals surface area contributed by atoms with Gasteiger partial charge in [0.05, 0.1) is 0 Å². The van der Waals surface area contributed by atoms with E-state index in [4.69, 9.17) is 4.52 Å². The molecule has 1 saturated carbocycles. The van der Waals surface area contributed by atoms with Crippen molar-refractivity contribution in [3.05, 3.63) is 47.9 Å². The van der Waals surface area contributed by atoms with E-state index in [1.807, 2.05) is 37.3 Å². The van der Waals surface area contributed by atoms with Crippen molar-refractivity contribution in [2.75, 3.05) is 4.90 Å². The van der Waals surface area contributed by atoms with Crippen LogP contribution in [-0.2, 0) is 4.79 Å². The van der Waals surface area contributed by atoms with Gasteiger partial charge >= 0.3 is 0 Å². The predicted molar refractivity (Wildman–Crippen MR) is 87.7 cm³/mol. The molecular weight excluding hydrogens is 306 g/mol. The number of rotatable bonds is 4. The molecule has 2 aromatic rings. The Labute approximate surface area is 139 Å². The Kier molecular flexibility index (Phi) is 3.59. The molecule has 124 valence electrons. The number of carbonyl (C=O) groups is 2. The Bertz CT molecular complexity index is 767. The maximum atomic E-state index is 12.7. The van der Waals surface area contributed by atoms with Crippen molar-refractivity contribution < 1.29 is 14.1 Å². The summed E-state index contributed by atoms with van der Waals surface area (Å²) in [4.78, 5) is 26.8. The van der Waals surface area contributed by atoms with Crippen LogP contribution in [0.3, 0.4) is 0 Å². The fraction of sp³-hybridized carbons (Fsp3) is 0.389. The van der Waals surface area contributed by atoms with Crippen molar-refractivity contribution in [3.8, 4) is 0 Å². The maximum Gasteiger partial charge on any atom is 0.274 e. The molecule has 1 aromatic carbocycles. The minimum absolute atomic E-state index is 0.0320. The van der Waals surface area contributed by atoms with Gasteiger partial charge < -0.3 is 14.7 Å². The molecule has 1 aliphatic carbocycles. The van der Waals surface area contributed by atoms with Crippen molar-refractivity contribution >= 4 is 17.5 Å². The summed E-state index contributed by atoms with van der Waals surface area (Å²) in [5, 5.41) is 6.62. The average molecular weight is 325 g/mol. The molecule has 2 amide bonds. The third-order valence-corrected chi connectivity index (χ3v) is 4.63. The lowest BCUT2D eigenvalue weighted by molar-refractivity contribution is -0.118. The summed E-state index contributed by atoms with van der Waals surface area (Å²) >= 11 is 0. The largest absolute Gasteiger partial charge is 0.360 e. The van der Waals surface area contributed by atoms with Gasteiger partial charge in [-0.1, -0.05) is 23.4 Å². The molecule has 2 aliphatic rings. The first-order valence-corrected chi connectivity index (χ1v) is 8.29. The van der Waals surface area contributed by atoms with Crippen LogP contribution in [0.25, 0.3) is 0 Å². The molecule has 2 unspecified atom stereocenters. The van der Waals surface area contributed by atoms with E-state index in [1.54, 1.807) is 11.0 Å². The van der Waals surface area contributed by atoms with Gasteiger partial charge in [-0.2, -0.15) is 0 Å². The second-order valence-corrected chi connectivity index (χ2v) is 6.54. The highest BCUT2D eigenvalue weighted by atomic mass is 16.5. The van der Waals surface area contributed by atoms with E-state index in [9.17, 15) is 9.59 Å². The van der Waals surface area contributed by atoms with Crippen LogP contribution in [0.2, 0.25) is 0 Å². The number of nitrogens with zero attached hydrogens (tertiary/aromatic N) is 2. The number of nitrogens with one attached hydrogen (secondary N) is 1. The van der Waals surface area contributed by atoms with Crippen LogP contribution in [-0.4, -0.2) is 29.1 Å². The summed E-state index contributed by atoms with van der Waals surface area (Å²) in [6, 6.07) is 10.7. The van der Waals surface area contributed by atoms with Gasteiger partial charge in [0.15, 0.2) is 5.69 Å². The predicted octanol–water partition coefficient (Wildman–Crippen LogP) is 2.48. The summed E-state index contributed by atoms with van der Waals surface area (Å²) in [5.74, 6) is 0.719. The average Bonchev–Trinajstić information content (AvgIpc) is 3.24. The second kappa shape index (κ2) is 5.78. The molecule has 2 fully saturated rings. The summed E-state index contributed by atoms with van der Waals surface area (Å²) in [6.45, 7) is 1.98. The van der Waals surface area contributed by atoms with E-state index >= 15 is 0 Å². The Morgan fingerprint density at radius 3 is 2.75 bits per heavy atom. The molecule has 2 atom stereocenters. The van der Waals surface area contributed by atoms with Gasteiger partial charge in [0, 0.05) is 23.7 Å². The quantitative estimate of drug-likeness (QED) is 0.937. The van der Waals surface area contributed by atoms with Gasteiger partial charge in [-0.15, -0.1) is 0 Å². The monoisotopic (exact) mass is 325 g/mol. The molecule has 1 N–H and O–H groups in total. The molecule has 0 bridgehead atoms. The Balaban J connectivity index is 1.46. The first-order chi connectivity index (χ1) is 11.6. The van der Waals surface area contributed by atoms with E-state index in [-0.39, 0.29) is 23.6 Å². The third kappa shape index (κ3) is 2.68. The molecule has 1 aliphatic heterocycles. The first kappa shape index (κ1) is 14.9. The first-order valence-electron chi connectivity index (χ1n) is 8.29. The molecule has 1 aromatic heterocycles. The summed E-state index contributed by atoms with van der Waals surface area (Å²) in [6.07, 6.45) is 2.74. The maximum absolute atomic E-state index is 12.7. The molecule has 0 spiro atoms. The van der Waals surface area contributed by atoms with Gasteiger partial charge in [0.2, 0.25) is 5.91 Å². The van der Waals surface area contributed by atoms with Crippen molar-refractivity contribution in [1.29, 1.82) is 0 Å². The molecule has 24 heavy (non-hydrogen) atoms. The fourth-order valence-corrected chi connectivity index (χ4v) is 3.21. The van der Waals surface area contributed by atoms with E-state index in [2.05, 4.69) is 10.5 Å². The minimum Gasteiger partial charge on any atom is -0.360 e. The van der Waals surface area contributed by atoms with Gasteiger partial charge in [-0.25, -0.2) is 0 Å². The van der Waals surface area contributed by atoms with Crippen LogP contribution in [0.1, 0.15) is 48.4 Å². The summed E-state index contributed by atoms with van der Waals surface area (Å²) in [5.41, 5.74) is 1.10. The lowest BCUT2D eigenvalue weighted by Crippen LogP contribution is -2.42. The topological polar surface area (TPSA) is 75.4 Å². The lowest BCUT2D eigenvalue weighted by atomic mass is 10.2. The Morgan fingerprint density at radius 1 is 1.29 bits per heavy atom. The van der Waals surface area contributed by atoms with Crippen LogP contribution in [0.15, 0.2) is 40.9 Å². The van der Waals surface area contributed by atoms with Gasteiger partial charge in [0.1, 0.15) is 11.8 Å². The second-order valence-electron chi connectivity index (χ2n) is 6.54. The SMILES string of the molecule is CC1CC(NC(=O)c2cc(C3CC3)on2)C(=O)N1c1ccccc1. The van der Waals surface area contributed by atoms with Gasteiger partial charge in [0.25, 0.3) is 5.91 Å². The van der Waals surface area contributed by atoms with Crippen molar-refractivity contribution in [2.45, 2.75) is 44.2 Å². The Morgan fingerprint density at radius 2 is 2.04 bits per heavy atom. The third-order valence-electron chi connectivity index (χ3n) is 4.63. The molecule has 2 heterocycles. The highest BCUT2D eigenvalue weighted by molar-refractivity contribution is 6.03. The molecule has 4 rings (SSSR count). The van der Waals surface area contributed by atoms with E-state index < -0.39 is 6.04 Å². The summed E-state index contributed by atoms with van der Waals surface area (Å²) in [7, 11) is 0. The minimum atomic E-state index is -0.534. The number of amides is 2. The molecule has 1 saturated heterocycles. The lowest BCUT2D eigenvalue weighted by Gasteiger charge is -2.21. The molecule has 6 nitrogen and oxygen atoms in total. The van der Waals surface area contributed by atoms with Gasteiger partial charge in [-0.05, 0) is 38.3 Å². The zero-order chi connectivity index (χ0) is 16.7. The normalized spacial score (nSPS) is 23.5. The summed E-state index contributed by atoms with van der Waals surface area (Å²) < 4.78 is 5.21. The number of hydrogen-bond acceptors (Lipinski definition) is 4. The van der Waals surface area contributed by atoms with Crippen molar-refractivity contribution in [3.63, 3.8) is 0 Å². The molecule has 6 heteroatoms.